The first-order chi connectivity index (χ1) is 9.65. The average Bonchev–Trinajstić information content (AvgIpc) is 2.91. The molecule has 0 N–H and O–H groups in total. The summed E-state index contributed by atoms with van der Waals surface area (Å²) in [6, 6.07) is 7.12. The van der Waals surface area contributed by atoms with Crippen LogP contribution < -0.4 is 4.74 Å². The second-order valence-electron chi connectivity index (χ2n) is 5.21. The number of ketones is 1. The van der Waals surface area contributed by atoms with Crippen LogP contribution in [0.5, 0.6) is 5.75 Å². The highest BCUT2D eigenvalue weighted by molar-refractivity contribution is 6.30. The third kappa shape index (κ3) is 4.80. The first-order valence-corrected chi connectivity index (χ1v) is 7.59. The number of rotatable bonds is 7. The first-order valence-electron chi connectivity index (χ1n) is 7.21. The van der Waals surface area contributed by atoms with Crippen LogP contribution in [0.1, 0.15) is 39.0 Å². The third-order valence-electron chi connectivity index (χ3n) is 3.54. The van der Waals surface area contributed by atoms with Gasteiger partial charge in [0.05, 0.1) is 6.10 Å². The monoisotopic (exact) mass is 296 g/mol. The van der Waals surface area contributed by atoms with E-state index in [-0.39, 0.29) is 5.78 Å². The van der Waals surface area contributed by atoms with E-state index in [4.69, 9.17) is 21.1 Å². The Morgan fingerprint density at radius 1 is 1.55 bits per heavy atom. The Morgan fingerprint density at radius 3 is 3.10 bits per heavy atom. The predicted molar refractivity (Wildman–Crippen MR) is 79.4 cm³/mol. The van der Waals surface area contributed by atoms with Crippen LogP contribution in [-0.2, 0) is 9.53 Å². The van der Waals surface area contributed by atoms with Gasteiger partial charge in [0.2, 0.25) is 0 Å². The molecule has 1 aliphatic heterocycles. The van der Waals surface area contributed by atoms with Crippen molar-refractivity contribution in [1.29, 1.82) is 0 Å². The quantitative estimate of drug-likeness (QED) is 0.762. The predicted octanol–water partition coefficient (Wildman–Crippen LogP) is 4.03. The Morgan fingerprint density at radius 2 is 2.40 bits per heavy atom. The van der Waals surface area contributed by atoms with Crippen LogP contribution in [0.2, 0.25) is 5.02 Å². The third-order valence-corrected chi connectivity index (χ3v) is 3.77. The normalized spacial score (nSPS) is 19.8. The van der Waals surface area contributed by atoms with Gasteiger partial charge in [0.25, 0.3) is 0 Å². The van der Waals surface area contributed by atoms with Crippen LogP contribution >= 0.6 is 11.6 Å². The summed E-state index contributed by atoms with van der Waals surface area (Å²) in [4.78, 5) is 12.0. The second-order valence-corrected chi connectivity index (χ2v) is 5.65. The average molecular weight is 297 g/mol. The number of ether oxygens (including phenoxy) is 2. The Kier molecular flexibility index (Phi) is 5.86. The van der Waals surface area contributed by atoms with Gasteiger partial charge in [0, 0.05) is 18.1 Å². The van der Waals surface area contributed by atoms with Crippen LogP contribution in [-0.4, -0.2) is 24.6 Å². The summed E-state index contributed by atoms with van der Waals surface area (Å²) >= 11 is 5.89. The van der Waals surface area contributed by atoms with Crippen molar-refractivity contribution in [3.8, 4) is 5.75 Å². The Hall–Kier alpha value is -1.06. The Bertz CT molecular complexity index is 441. The topological polar surface area (TPSA) is 35.5 Å². The fourth-order valence-electron chi connectivity index (χ4n) is 2.39. The molecule has 1 saturated heterocycles. The van der Waals surface area contributed by atoms with Gasteiger partial charge >= 0.3 is 0 Å². The molecule has 2 unspecified atom stereocenters. The van der Waals surface area contributed by atoms with E-state index in [2.05, 4.69) is 0 Å². The molecule has 0 aromatic heterocycles. The zero-order chi connectivity index (χ0) is 14.4. The summed E-state index contributed by atoms with van der Waals surface area (Å²) in [5.41, 5.74) is 0. The Labute approximate surface area is 125 Å². The smallest absolute Gasteiger partial charge is 0.172 e. The van der Waals surface area contributed by atoms with Crippen molar-refractivity contribution in [3.05, 3.63) is 29.3 Å². The summed E-state index contributed by atoms with van der Waals surface area (Å²) in [5.74, 6) is 0.764. The number of halogens is 1. The van der Waals surface area contributed by atoms with Crippen LogP contribution in [0.25, 0.3) is 0 Å². The molecule has 20 heavy (non-hydrogen) atoms. The number of Topliss-reactive ketones (excluding diaryl/α,β-unsaturated/α-hetero) is 1. The van der Waals surface area contributed by atoms with Crippen molar-refractivity contribution < 1.29 is 14.3 Å². The second kappa shape index (κ2) is 7.65. The molecule has 1 aliphatic rings. The number of benzene rings is 1. The first kappa shape index (κ1) is 15.3. The summed E-state index contributed by atoms with van der Waals surface area (Å²) in [6.07, 6.45) is 4.57. The zero-order valence-electron chi connectivity index (χ0n) is 11.8. The molecule has 1 fully saturated rings. The van der Waals surface area contributed by atoms with Crippen molar-refractivity contribution in [2.24, 2.45) is 0 Å². The van der Waals surface area contributed by atoms with E-state index in [1.54, 1.807) is 19.1 Å². The van der Waals surface area contributed by atoms with Crippen molar-refractivity contribution >= 4 is 17.4 Å². The van der Waals surface area contributed by atoms with E-state index in [1.807, 2.05) is 12.1 Å². The van der Waals surface area contributed by atoms with Crippen LogP contribution in [0.3, 0.4) is 0 Å². The van der Waals surface area contributed by atoms with Crippen molar-refractivity contribution in [2.45, 2.75) is 51.2 Å². The molecule has 0 saturated carbocycles. The van der Waals surface area contributed by atoms with Gasteiger partial charge in [0.1, 0.15) is 5.75 Å². The van der Waals surface area contributed by atoms with Crippen molar-refractivity contribution in [3.63, 3.8) is 0 Å². The van der Waals surface area contributed by atoms with Crippen molar-refractivity contribution in [1.82, 2.24) is 0 Å². The van der Waals surface area contributed by atoms with Crippen molar-refractivity contribution in [2.75, 3.05) is 6.61 Å². The van der Waals surface area contributed by atoms with E-state index in [0.717, 1.165) is 32.3 Å². The highest BCUT2D eigenvalue weighted by atomic mass is 35.5. The van der Waals surface area contributed by atoms with Gasteiger partial charge in [-0.25, -0.2) is 0 Å². The standard InChI is InChI=1S/C16H21ClO3/c1-12(20-15-7-2-5-13(17)11-15)16(18)9-3-6-14-8-4-10-19-14/h2,5,7,11-12,14H,3-4,6,8-10H2,1H3. The Balaban J connectivity index is 1.71. The molecule has 1 aromatic rings. The lowest BCUT2D eigenvalue weighted by atomic mass is 10.1. The lowest BCUT2D eigenvalue weighted by molar-refractivity contribution is -0.125. The number of hydrogen-bond acceptors (Lipinski definition) is 3. The van der Waals surface area contributed by atoms with Crippen LogP contribution in [0.4, 0.5) is 0 Å². The summed E-state index contributed by atoms with van der Waals surface area (Å²) in [7, 11) is 0. The molecule has 4 heteroatoms. The van der Waals surface area contributed by atoms with Gasteiger partial charge < -0.3 is 9.47 Å². The molecule has 1 heterocycles. The van der Waals surface area contributed by atoms with E-state index in [0.29, 0.717) is 23.3 Å². The van der Waals surface area contributed by atoms with Gasteiger partial charge in [-0.05, 0) is 50.8 Å². The van der Waals surface area contributed by atoms with E-state index < -0.39 is 6.10 Å². The van der Waals surface area contributed by atoms with E-state index >= 15 is 0 Å². The van der Waals surface area contributed by atoms with Crippen LogP contribution in [0, 0.1) is 0 Å². The highest BCUT2D eigenvalue weighted by Gasteiger charge is 2.18. The minimum atomic E-state index is -0.432. The maximum atomic E-state index is 12.0. The minimum Gasteiger partial charge on any atom is -0.483 e. The fraction of sp³-hybridized carbons (Fsp3) is 0.562. The lowest BCUT2D eigenvalue weighted by Crippen LogP contribution is -2.23. The number of carbonyl (C=O) groups excluding carboxylic acids is 1. The molecule has 1 aromatic carbocycles. The molecule has 3 nitrogen and oxygen atoms in total. The molecule has 0 radical (unpaired) electrons. The molecule has 2 atom stereocenters. The molecular weight excluding hydrogens is 276 g/mol. The fourth-order valence-corrected chi connectivity index (χ4v) is 2.57. The molecule has 0 spiro atoms. The summed E-state index contributed by atoms with van der Waals surface area (Å²) in [6.45, 7) is 2.65. The lowest BCUT2D eigenvalue weighted by Gasteiger charge is -2.14. The minimum absolute atomic E-state index is 0.128. The van der Waals surface area contributed by atoms with Gasteiger partial charge in [-0.3, -0.25) is 4.79 Å². The van der Waals surface area contributed by atoms with Gasteiger partial charge in [-0.2, -0.15) is 0 Å². The van der Waals surface area contributed by atoms with E-state index in [1.165, 1.54) is 0 Å². The summed E-state index contributed by atoms with van der Waals surface area (Å²) in [5, 5.41) is 0.612. The maximum Gasteiger partial charge on any atom is 0.172 e. The largest absolute Gasteiger partial charge is 0.483 e. The molecule has 2 rings (SSSR count). The molecule has 0 amide bonds. The number of hydrogen-bond donors (Lipinski definition) is 0. The van der Waals surface area contributed by atoms with Gasteiger partial charge in [-0.15, -0.1) is 0 Å². The van der Waals surface area contributed by atoms with Gasteiger partial charge in [-0.1, -0.05) is 17.7 Å². The van der Waals surface area contributed by atoms with Gasteiger partial charge in [0.15, 0.2) is 11.9 Å². The molecular formula is C16H21ClO3. The molecule has 0 bridgehead atoms. The molecule has 110 valence electrons. The van der Waals surface area contributed by atoms with E-state index in [9.17, 15) is 4.79 Å². The highest BCUT2D eigenvalue weighted by Crippen LogP contribution is 2.20. The van der Waals surface area contributed by atoms with Crippen LogP contribution in [0.15, 0.2) is 24.3 Å². The summed E-state index contributed by atoms with van der Waals surface area (Å²) < 4.78 is 11.2. The molecule has 0 aliphatic carbocycles. The SMILES string of the molecule is CC(Oc1cccc(Cl)c1)C(=O)CCCC1CCCO1. The zero-order valence-corrected chi connectivity index (χ0v) is 12.6. The number of carbonyl (C=O) groups is 1. The maximum absolute atomic E-state index is 12.0.